The second-order valence-corrected chi connectivity index (χ2v) is 5.82. The number of carbonyl (C=O) groups excluding carboxylic acids is 1. The van der Waals surface area contributed by atoms with Crippen LogP contribution < -0.4 is 0 Å². The van der Waals surface area contributed by atoms with Crippen LogP contribution in [0.5, 0.6) is 0 Å². The zero-order valence-corrected chi connectivity index (χ0v) is 12.1. The van der Waals surface area contributed by atoms with Crippen LogP contribution >= 0.6 is 0 Å². The Balaban J connectivity index is 2.82. The van der Waals surface area contributed by atoms with Crippen LogP contribution in [-0.2, 0) is 4.74 Å². The molecule has 0 aromatic rings. The lowest BCUT2D eigenvalue weighted by Gasteiger charge is -2.31. The second kappa shape index (κ2) is 6.75. The molecule has 0 spiro atoms. The summed E-state index contributed by atoms with van der Waals surface area (Å²) in [7, 11) is 0. The lowest BCUT2D eigenvalue weighted by molar-refractivity contribution is 0.0182. The van der Waals surface area contributed by atoms with Crippen molar-refractivity contribution in [3.05, 3.63) is 24.8 Å². The highest BCUT2D eigenvalue weighted by Gasteiger charge is 2.37. The van der Waals surface area contributed by atoms with Gasteiger partial charge < -0.3 is 9.84 Å². The van der Waals surface area contributed by atoms with Gasteiger partial charge in [0, 0.05) is 6.04 Å². The van der Waals surface area contributed by atoms with Crippen LogP contribution in [0.15, 0.2) is 24.8 Å². The van der Waals surface area contributed by atoms with Crippen molar-refractivity contribution in [3.8, 4) is 0 Å². The zero-order chi connectivity index (χ0) is 14.5. The molecule has 0 radical (unpaired) electrons. The molecule has 108 valence electrons. The van der Waals surface area contributed by atoms with E-state index in [1.54, 1.807) is 11.0 Å². The highest BCUT2D eigenvalue weighted by Crippen LogP contribution is 2.29. The molecule has 0 aromatic carbocycles. The van der Waals surface area contributed by atoms with E-state index >= 15 is 0 Å². The van der Waals surface area contributed by atoms with Crippen molar-refractivity contribution in [2.75, 3.05) is 6.61 Å². The summed E-state index contributed by atoms with van der Waals surface area (Å²) in [5, 5.41) is 8.87. The number of hydrogen-bond acceptors (Lipinski definition) is 3. The topological polar surface area (TPSA) is 49.8 Å². The predicted octanol–water partition coefficient (Wildman–Crippen LogP) is 2.88. The molecule has 1 aliphatic heterocycles. The van der Waals surface area contributed by atoms with Gasteiger partial charge in [0.1, 0.15) is 5.60 Å². The van der Waals surface area contributed by atoms with Gasteiger partial charge in [-0.15, -0.1) is 6.58 Å². The Morgan fingerprint density at radius 3 is 2.68 bits per heavy atom. The Labute approximate surface area is 115 Å². The molecular weight excluding hydrogens is 242 g/mol. The van der Waals surface area contributed by atoms with E-state index in [1.165, 1.54) is 0 Å². The van der Waals surface area contributed by atoms with E-state index in [0.717, 1.165) is 19.3 Å². The smallest absolute Gasteiger partial charge is 0.411 e. The highest BCUT2D eigenvalue weighted by molar-refractivity contribution is 5.70. The fraction of sp³-hybridized carbons (Fsp3) is 0.667. The minimum atomic E-state index is -0.496. The Hall–Kier alpha value is -1.29. The summed E-state index contributed by atoms with van der Waals surface area (Å²) in [6.45, 7) is 9.32. The normalized spacial score (nSPS) is 23.9. The highest BCUT2D eigenvalue weighted by atomic mass is 16.6. The van der Waals surface area contributed by atoms with Crippen molar-refractivity contribution in [1.29, 1.82) is 0 Å². The van der Waals surface area contributed by atoms with E-state index in [9.17, 15) is 4.79 Å². The summed E-state index contributed by atoms with van der Waals surface area (Å²) in [6, 6.07) is 0.146. The van der Waals surface area contributed by atoms with Gasteiger partial charge in [-0.2, -0.15) is 0 Å². The van der Waals surface area contributed by atoms with Gasteiger partial charge in [-0.1, -0.05) is 18.2 Å². The van der Waals surface area contributed by atoms with E-state index < -0.39 is 5.60 Å². The van der Waals surface area contributed by atoms with Crippen molar-refractivity contribution < 1.29 is 14.6 Å². The lowest BCUT2D eigenvalue weighted by Crippen LogP contribution is -2.43. The monoisotopic (exact) mass is 267 g/mol. The van der Waals surface area contributed by atoms with Crippen LogP contribution in [0.25, 0.3) is 0 Å². The van der Waals surface area contributed by atoms with Crippen molar-refractivity contribution in [2.24, 2.45) is 0 Å². The van der Waals surface area contributed by atoms with E-state index in [2.05, 4.69) is 6.58 Å². The molecule has 0 aromatic heterocycles. The zero-order valence-electron chi connectivity index (χ0n) is 12.1. The number of likely N-dealkylation sites (tertiary alicyclic amines) is 1. The molecule has 1 fully saturated rings. The van der Waals surface area contributed by atoms with Gasteiger partial charge in [0.15, 0.2) is 0 Å². The number of amides is 1. The van der Waals surface area contributed by atoms with E-state index in [4.69, 9.17) is 9.84 Å². The van der Waals surface area contributed by atoms with E-state index in [0.29, 0.717) is 0 Å². The van der Waals surface area contributed by atoms with Gasteiger partial charge in [0.2, 0.25) is 0 Å². The van der Waals surface area contributed by atoms with Crippen molar-refractivity contribution in [2.45, 2.75) is 57.7 Å². The molecule has 1 rings (SSSR count). The first-order valence-electron chi connectivity index (χ1n) is 6.78. The molecule has 0 bridgehead atoms. The number of carbonyl (C=O) groups is 1. The van der Waals surface area contributed by atoms with Crippen LogP contribution in [0, 0.1) is 0 Å². The number of nitrogens with zero attached hydrogens (tertiary/aromatic N) is 1. The standard InChI is InChI=1S/C15H25NO3/c1-5-7-12-9-10-13(8-6-11-17)16(12)14(18)19-15(2,3)4/h5-6,8,12-13,17H,1,7,9-11H2,2-4H3/b8-6+/t12-,13+/m0/s1. The first kappa shape index (κ1) is 15.8. The largest absolute Gasteiger partial charge is 0.444 e. The molecule has 1 amide bonds. The molecule has 19 heavy (non-hydrogen) atoms. The van der Waals surface area contributed by atoms with Crippen molar-refractivity contribution >= 4 is 6.09 Å². The molecule has 1 saturated heterocycles. The fourth-order valence-corrected chi connectivity index (χ4v) is 2.34. The summed E-state index contributed by atoms with van der Waals surface area (Å²) < 4.78 is 5.46. The van der Waals surface area contributed by atoms with Crippen molar-refractivity contribution in [1.82, 2.24) is 4.90 Å². The SMILES string of the molecule is C=CC[C@H]1CC[C@@H](/C=C/CO)N1C(=O)OC(C)(C)C. The number of rotatable bonds is 4. The first-order valence-corrected chi connectivity index (χ1v) is 6.78. The molecule has 1 aliphatic rings. The Morgan fingerprint density at radius 2 is 2.16 bits per heavy atom. The molecular formula is C15H25NO3. The summed E-state index contributed by atoms with van der Waals surface area (Å²) in [6.07, 6.45) is 7.71. The van der Waals surface area contributed by atoms with Crippen LogP contribution in [0.3, 0.4) is 0 Å². The number of aliphatic hydroxyl groups excluding tert-OH is 1. The minimum Gasteiger partial charge on any atom is -0.444 e. The van der Waals surface area contributed by atoms with Gasteiger partial charge in [0.25, 0.3) is 0 Å². The maximum atomic E-state index is 12.3. The fourth-order valence-electron chi connectivity index (χ4n) is 2.34. The molecule has 0 unspecified atom stereocenters. The third kappa shape index (κ3) is 4.71. The Bertz CT molecular complexity index is 344. The third-order valence-electron chi connectivity index (χ3n) is 3.05. The van der Waals surface area contributed by atoms with Gasteiger partial charge >= 0.3 is 6.09 Å². The van der Waals surface area contributed by atoms with Crippen LogP contribution in [0.1, 0.15) is 40.0 Å². The number of aliphatic hydroxyl groups is 1. The summed E-state index contributed by atoms with van der Waals surface area (Å²) >= 11 is 0. The minimum absolute atomic E-state index is 0.00644. The van der Waals surface area contributed by atoms with Crippen LogP contribution in [0.2, 0.25) is 0 Å². The molecule has 0 saturated carbocycles. The van der Waals surface area contributed by atoms with Gasteiger partial charge in [-0.25, -0.2) is 4.79 Å². The molecule has 1 N–H and O–H groups in total. The molecule has 4 heteroatoms. The molecule has 1 heterocycles. The van der Waals surface area contributed by atoms with Gasteiger partial charge in [-0.3, -0.25) is 4.90 Å². The Kier molecular flexibility index (Phi) is 5.60. The van der Waals surface area contributed by atoms with Gasteiger partial charge in [0.05, 0.1) is 12.6 Å². The lowest BCUT2D eigenvalue weighted by atomic mass is 10.1. The summed E-state index contributed by atoms with van der Waals surface area (Å²) in [5.41, 5.74) is -0.496. The van der Waals surface area contributed by atoms with E-state index in [-0.39, 0.29) is 24.8 Å². The predicted molar refractivity (Wildman–Crippen MR) is 75.9 cm³/mol. The number of hydrogen-bond donors (Lipinski definition) is 1. The number of ether oxygens (including phenoxy) is 1. The molecule has 4 nitrogen and oxygen atoms in total. The molecule has 2 atom stereocenters. The van der Waals surface area contributed by atoms with Crippen LogP contribution in [-0.4, -0.2) is 40.4 Å². The first-order chi connectivity index (χ1) is 8.89. The quantitative estimate of drug-likeness (QED) is 0.797. The van der Waals surface area contributed by atoms with Crippen molar-refractivity contribution in [3.63, 3.8) is 0 Å². The summed E-state index contributed by atoms with van der Waals surface area (Å²) in [5.74, 6) is 0. The third-order valence-corrected chi connectivity index (χ3v) is 3.05. The summed E-state index contributed by atoms with van der Waals surface area (Å²) in [4.78, 5) is 14.1. The van der Waals surface area contributed by atoms with Crippen LogP contribution in [0.4, 0.5) is 4.79 Å². The second-order valence-electron chi connectivity index (χ2n) is 5.82. The maximum Gasteiger partial charge on any atom is 0.411 e. The average Bonchev–Trinajstić information content (AvgIpc) is 2.67. The average molecular weight is 267 g/mol. The Morgan fingerprint density at radius 1 is 1.47 bits per heavy atom. The molecule has 0 aliphatic carbocycles. The van der Waals surface area contributed by atoms with E-state index in [1.807, 2.05) is 32.9 Å². The van der Waals surface area contributed by atoms with Gasteiger partial charge in [-0.05, 0) is 40.0 Å². The maximum absolute atomic E-state index is 12.3.